The number of nitrogens with zero attached hydrogens (tertiary/aromatic N) is 1. The van der Waals surface area contributed by atoms with Gasteiger partial charge in [0.1, 0.15) is 17.1 Å². The minimum atomic E-state index is -0.374. The van der Waals surface area contributed by atoms with Crippen molar-refractivity contribution in [1.29, 1.82) is 0 Å². The van der Waals surface area contributed by atoms with E-state index in [2.05, 4.69) is 15.6 Å². The topological polar surface area (TPSA) is 80.3 Å². The van der Waals surface area contributed by atoms with Gasteiger partial charge in [0.25, 0.3) is 11.8 Å². The molecule has 0 radical (unpaired) electrons. The van der Waals surface area contributed by atoms with Crippen LogP contribution in [0.15, 0.2) is 42.5 Å². The van der Waals surface area contributed by atoms with Crippen LogP contribution in [0.1, 0.15) is 48.7 Å². The fourth-order valence-corrected chi connectivity index (χ4v) is 2.16. The first-order valence-corrected chi connectivity index (χ1v) is 8.68. The summed E-state index contributed by atoms with van der Waals surface area (Å²) in [6.45, 7) is 8.48. The van der Waals surface area contributed by atoms with Crippen molar-refractivity contribution < 1.29 is 14.3 Å². The van der Waals surface area contributed by atoms with Crippen molar-refractivity contribution in [3.05, 3.63) is 53.9 Å². The second kappa shape index (κ2) is 8.99. The standard InChI is InChI=1S/C20H25N3O3/c1-13(2)12-21-19(24)17-6-5-7-18(23-17)20(25)22-15-8-10-16(11-9-15)26-14(3)4/h5-11,13-14H,12H2,1-4H3,(H,21,24)(H,22,25). The third-order valence-corrected chi connectivity index (χ3v) is 3.37. The van der Waals surface area contributed by atoms with Gasteiger partial charge in [-0.25, -0.2) is 4.98 Å². The molecule has 1 aromatic carbocycles. The van der Waals surface area contributed by atoms with Crippen LogP contribution in [0.4, 0.5) is 5.69 Å². The minimum absolute atomic E-state index is 0.0872. The molecule has 0 bridgehead atoms. The second-order valence-corrected chi connectivity index (χ2v) is 6.66. The SMILES string of the molecule is CC(C)CNC(=O)c1cccc(C(=O)Nc2ccc(OC(C)C)cc2)n1. The Kier molecular flexibility index (Phi) is 6.72. The molecule has 0 unspecified atom stereocenters. The highest BCUT2D eigenvalue weighted by Gasteiger charge is 2.13. The number of ether oxygens (including phenoxy) is 1. The van der Waals surface area contributed by atoms with E-state index in [1.165, 1.54) is 0 Å². The van der Waals surface area contributed by atoms with Gasteiger partial charge < -0.3 is 15.4 Å². The van der Waals surface area contributed by atoms with Crippen molar-refractivity contribution in [1.82, 2.24) is 10.3 Å². The highest BCUT2D eigenvalue weighted by Crippen LogP contribution is 2.17. The van der Waals surface area contributed by atoms with Gasteiger partial charge >= 0.3 is 0 Å². The van der Waals surface area contributed by atoms with Crippen molar-refractivity contribution in [3.63, 3.8) is 0 Å². The van der Waals surface area contributed by atoms with E-state index >= 15 is 0 Å². The molecule has 138 valence electrons. The summed E-state index contributed by atoms with van der Waals surface area (Å²) in [4.78, 5) is 28.6. The van der Waals surface area contributed by atoms with Gasteiger partial charge in [-0.05, 0) is 56.2 Å². The van der Waals surface area contributed by atoms with Crippen molar-refractivity contribution in [2.45, 2.75) is 33.8 Å². The number of carbonyl (C=O) groups is 2. The fraction of sp³-hybridized carbons (Fsp3) is 0.350. The van der Waals surface area contributed by atoms with Gasteiger partial charge in [0.05, 0.1) is 6.10 Å². The highest BCUT2D eigenvalue weighted by atomic mass is 16.5. The Morgan fingerprint density at radius 3 is 2.15 bits per heavy atom. The summed E-state index contributed by atoms with van der Waals surface area (Å²) in [6.07, 6.45) is 0.0872. The van der Waals surface area contributed by atoms with Crippen molar-refractivity contribution in [3.8, 4) is 5.75 Å². The molecule has 0 atom stereocenters. The lowest BCUT2D eigenvalue weighted by molar-refractivity contribution is 0.0944. The van der Waals surface area contributed by atoms with E-state index in [4.69, 9.17) is 4.74 Å². The number of hydrogen-bond acceptors (Lipinski definition) is 4. The first-order chi connectivity index (χ1) is 12.3. The minimum Gasteiger partial charge on any atom is -0.491 e. The van der Waals surface area contributed by atoms with Gasteiger partial charge in [-0.1, -0.05) is 19.9 Å². The first-order valence-electron chi connectivity index (χ1n) is 8.68. The lowest BCUT2D eigenvalue weighted by Crippen LogP contribution is -2.28. The molecule has 0 fully saturated rings. The number of rotatable bonds is 7. The zero-order valence-electron chi connectivity index (χ0n) is 15.6. The van der Waals surface area contributed by atoms with E-state index in [1.807, 2.05) is 27.7 Å². The van der Waals surface area contributed by atoms with E-state index in [9.17, 15) is 9.59 Å². The van der Waals surface area contributed by atoms with E-state index in [1.54, 1.807) is 42.5 Å². The number of carbonyl (C=O) groups excluding carboxylic acids is 2. The summed E-state index contributed by atoms with van der Waals surface area (Å²) in [6, 6.07) is 11.9. The number of pyridine rings is 1. The Morgan fingerprint density at radius 1 is 0.962 bits per heavy atom. The fourth-order valence-electron chi connectivity index (χ4n) is 2.16. The number of amides is 2. The highest BCUT2D eigenvalue weighted by molar-refractivity contribution is 6.03. The molecule has 2 N–H and O–H groups in total. The maximum absolute atomic E-state index is 12.4. The molecule has 0 aliphatic rings. The molecule has 0 aliphatic carbocycles. The van der Waals surface area contributed by atoms with Gasteiger partial charge in [-0.3, -0.25) is 9.59 Å². The van der Waals surface area contributed by atoms with Gasteiger partial charge in [0.2, 0.25) is 0 Å². The molecular formula is C20H25N3O3. The average Bonchev–Trinajstić information content (AvgIpc) is 2.61. The van der Waals surface area contributed by atoms with Gasteiger partial charge in [0, 0.05) is 12.2 Å². The Hall–Kier alpha value is -2.89. The van der Waals surface area contributed by atoms with Crippen LogP contribution in [-0.2, 0) is 0 Å². The lowest BCUT2D eigenvalue weighted by Gasteiger charge is -2.11. The third kappa shape index (κ3) is 5.88. The first kappa shape index (κ1) is 19.4. The number of aromatic nitrogens is 1. The Balaban J connectivity index is 2.03. The van der Waals surface area contributed by atoms with E-state index in [0.29, 0.717) is 18.2 Å². The van der Waals surface area contributed by atoms with Crippen molar-refractivity contribution in [2.24, 2.45) is 5.92 Å². The molecule has 2 rings (SSSR count). The maximum atomic E-state index is 12.4. The number of nitrogens with one attached hydrogen (secondary N) is 2. The summed E-state index contributed by atoms with van der Waals surface area (Å²) in [5, 5.41) is 5.56. The largest absolute Gasteiger partial charge is 0.491 e. The van der Waals surface area contributed by atoms with E-state index < -0.39 is 0 Å². The quantitative estimate of drug-likeness (QED) is 0.796. The molecule has 2 aromatic rings. The molecule has 6 heteroatoms. The maximum Gasteiger partial charge on any atom is 0.274 e. The molecular weight excluding hydrogens is 330 g/mol. The second-order valence-electron chi connectivity index (χ2n) is 6.66. The van der Waals surface area contributed by atoms with Crippen LogP contribution in [0.3, 0.4) is 0 Å². The Bertz CT molecular complexity index is 755. The molecule has 1 heterocycles. The normalized spacial score (nSPS) is 10.7. The number of benzene rings is 1. The molecule has 1 aromatic heterocycles. The van der Waals surface area contributed by atoms with Crippen LogP contribution < -0.4 is 15.4 Å². The Labute approximate surface area is 154 Å². The zero-order chi connectivity index (χ0) is 19.1. The molecule has 0 spiro atoms. The van der Waals surface area contributed by atoms with Crippen molar-refractivity contribution >= 4 is 17.5 Å². The van der Waals surface area contributed by atoms with Crippen LogP contribution in [0.2, 0.25) is 0 Å². The summed E-state index contributed by atoms with van der Waals surface area (Å²) in [7, 11) is 0. The molecule has 6 nitrogen and oxygen atoms in total. The van der Waals surface area contributed by atoms with E-state index in [-0.39, 0.29) is 29.3 Å². The molecule has 26 heavy (non-hydrogen) atoms. The molecule has 0 saturated heterocycles. The molecule has 0 aliphatic heterocycles. The zero-order valence-corrected chi connectivity index (χ0v) is 15.6. The van der Waals surface area contributed by atoms with Gasteiger partial charge in [0.15, 0.2) is 0 Å². The number of anilines is 1. The van der Waals surface area contributed by atoms with Crippen LogP contribution in [0.5, 0.6) is 5.75 Å². The summed E-state index contributed by atoms with van der Waals surface area (Å²) >= 11 is 0. The predicted octanol–water partition coefficient (Wildman–Crippen LogP) is 3.51. The van der Waals surface area contributed by atoms with E-state index in [0.717, 1.165) is 5.75 Å². The van der Waals surface area contributed by atoms with Crippen molar-refractivity contribution in [2.75, 3.05) is 11.9 Å². The summed E-state index contributed by atoms with van der Waals surface area (Å²) in [5.74, 6) is 0.414. The number of hydrogen-bond donors (Lipinski definition) is 2. The smallest absolute Gasteiger partial charge is 0.274 e. The Morgan fingerprint density at radius 2 is 1.58 bits per heavy atom. The lowest BCUT2D eigenvalue weighted by atomic mass is 10.2. The van der Waals surface area contributed by atoms with Crippen LogP contribution in [0.25, 0.3) is 0 Å². The van der Waals surface area contributed by atoms with Crippen LogP contribution in [-0.4, -0.2) is 29.4 Å². The summed E-state index contributed by atoms with van der Waals surface area (Å²) in [5.41, 5.74) is 1.03. The van der Waals surface area contributed by atoms with Gasteiger partial charge in [-0.15, -0.1) is 0 Å². The molecule has 0 saturated carbocycles. The van der Waals surface area contributed by atoms with Gasteiger partial charge in [-0.2, -0.15) is 0 Å². The molecule has 2 amide bonds. The average molecular weight is 355 g/mol. The third-order valence-electron chi connectivity index (χ3n) is 3.37. The van der Waals surface area contributed by atoms with Crippen LogP contribution >= 0.6 is 0 Å². The van der Waals surface area contributed by atoms with Crippen LogP contribution in [0, 0.1) is 5.92 Å². The summed E-state index contributed by atoms with van der Waals surface area (Å²) < 4.78 is 5.57. The predicted molar refractivity (Wildman–Crippen MR) is 102 cm³/mol. The monoisotopic (exact) mass is 355 g/mol.